The van der Waals surface area contributed by atoms with Crippen molar-refractivity contribution >= 4 is 11.9 Å². The molecule has 1 atom stereocenters. The van der Waals surface area contributed by atoms with Gasteiger partial charge in [0.1, 0.15) is 0 Å². The van der Waals surface area contributed by atoms with E-state index in [1.807, 2.05) is 0 Å². The zero-order chi connectivity index (χ0) is 18.8. The van der Waals surface area contributed by atoms with Crippen LogP contribution in [0.1, 0.15) is 90.9 Å². The van der Waals surface area contributed by atoms with Crippen molar-refractivity contribution in [1.29, 1.82) is 0 Å². The highest BCUT2D eigenvalue weighted by molar-refractivity contribution is 5.77. The lowest BCUT2D eigenvalue weighted by Crippen LogP contribution is -2.23. The number of carbonyl (C=O) groups is 2. The van der Waals surface area contributed by atoms with Crippen molar-refractivity contribution < 1.29 is 19.4 Å². The summed E-state index contributed by atoms with van der Waals surface area (Å²) in [5.74, 6) is -1.52. The van der Waals surface area contributed by atoms with Crippen molar-refractivity contribution in [3.8, 4) is 0 Å². The Bertz CT molecular complexity index is 399. The van der Waals surface area contributed by atoms with Crippen molar-refractivity contribution in [1.82, 2.24) is 0 Å². The highest BCUT2D eigenvalue weighted by Gasteiger charge is 2.15. The maximum Gasteiger partial charge on any atom is 0.344 e. The van der Waals surface area contributed by atoms with Crippen LogP contribution in [0, 0.1) is 0 Å². The van der Waals surface area contributed by atoms with Crippen LogP contribution in [0.4, 0.5) is 0 Å². The van der Waals surface area contributed by atoms with Crippen molar-refractivity contribution in [3.05, 3.63) is 24.3 Å². The van der Waals surface area contributed by atoms with Gasteiger partial charge in [-0.1, -0.05) is 63.3 Å². The largest absolute Gasteiger partial charge is 0.479 e. The van der Waals surface area contributed by atoms with Crippen LogP contribution in [0.15, 0.2) is 24.3 Å². The summed E-state index contributed by atoms with van der Waals surface area (Å²) < 4.78 is 4.78. The van der Waals surface area contributed by atoms with Gasteiger partial charge in [0.15, 0.2) is 6.10 Å². The molecule has 25 heavy (non-hydrogen) atoms. The molecule has 4 nitrogen and oxygen atoms in total. The third-order valence-electron chi connectivity index (χ3n) is 3.99. The fourth-order valence-corrected chi connectivity index (χ4v) is 2.39. The molecular formula is C21H36O4. The van der Waals surface area contributed by atoms with Gasteiger partial charge in [0.25, 0.3) is 0 Å². The van der Waals surface area contributed by atoms with E-state index in [2.05, 4.69) is 31.2 Å². The number of carboxylic acids is 1. The maximum atomic E-state index is 11.4. The van der Waals surface area contributed by atoms with E-state index in [-0.39, 0.29) is 0 Å². The maximum absolute atomic E-state index is 11.4. The minimum Gasteiger partial charge on any atom is -0.479 e. The zero-order valence-electron chi connectivity index (χ0n) is 16.0. The number of rotatable bonds is 16. The first-order chi connectivity index (χ1) is 12.1. The van der Waals surface area contributed by atoms with Crippen LogP contribution in [-0.2, 0) is 14.3 Å². The molecule has 0 saturated heterocycles. The van der Waals surface area contributed by atoms with Gasteiger partial charge in [0.05, 0.1) is 0 Å². The summed E-state index contributed by atoms with van der Waals surface area (Å²) in [7, 11) is 0. The Balaban J connectivity index is 3.37. The van der Waals surface area contributed by atoms with E-state index in [0.717, 1.165) is 38.5 Å². The molecule has 0 aromatic carbocycles. The molecule has 0 rings (SSSR count). The summed E-state index contributed by atoms with van der Waals surface area (Å²) in [5.41, 5.74) is 0. The monoisotopic (exact) mass is 352 g/mol. The quantitative estimate of drug-likeness (QED) is 0.216. The van der Waals surface area contributed by atoms with E-state index in [9.17, 15) is 9.59 Å². The standard InChI is InChI=1S/C21H36O4/c1-3-4-5-6-7-8-9-10-11-12-13-14-15-16-17-18-20(22)25-19(2)21(23)24/h7-8,10-11,19H,3-6,9,12-18H2,1-2H3,(H,23,24)/b8-7-,11-10-/t19-/m0/s1. The SMILES string of the molecule is CCCCC/C=C\C/C=C\CCCCCCCC(=O)O[C@@H](C)C(=O)O. The van der Waals surface area contributed by atoms with Crippen LogP contribution in [0.2, 0.25) is 0 Å². The molecule has 0 radical (unpaired) electrons. The lowest BCUT2D eigenvalue weighted by Gasteiger charge is -2.08. The zero-order valence-corrected chi connectivity index (χ0v) is 16.0. The first kappa shape index (κ1) is 23.4. The molecule has 0 heterocycles. The number of aliphatic carboxylic acids is 1. The Kier molecular flexibility index (Phi) is 16.2. The normalized spacial score (nSPS) is 12.7. The number of esters is 1. The molecule has 0 amide bonds. The smallest absolute Gasteiger partial charge is 0.344 e. The molecule has 144 valence electrons. The number of carbonyl (C=O) groups excluding carboxylic acids is 1. The lowest BCUT2D eigenvalue weighted by atomic mass is 10.1. The first-order valence-corrected chi connectivity index (χ1v) is 9.80. The summed E-state index contributed by atoms with van der Waals surface area (Å²) in [6.07, 6.45) is 20.7. The molecule has 0 aliphatic rings. The summed E-state index contributed by atoms with van der Waals surface area (Å²) in [6.45, 7) is 3.60. The second-order valence-corrected chi connectivity index (χ2v) is 6.45. The average molecular weight is 353 g/mol. The third kappa shape index (κ3) is 17.0. The number of allylic oxidation sites excluding steroid dienone is 4. The average Bonchev–Trinajstić information content (AvgIpc) is 2.58. The van der Waals surface area contributed by atoms with Crippen LogP contribution >= 0.6 is 0 Å². The van der Waals surface area contributed by atoms with E-state index in [1.54, 1.807) is 0 Å². The fourth-order valence-electron chi connectivity index (χ4n) is 2.39. The minimum atomic E-state index is -1.10. The van der Waals surface area contributed by atoms with Gasteiger partial charge in [-0.3, -0.25) is 4.79 Å². The van der Waals surface area contributed by atoms with Crippen LogP contribution in [0.3, 0.4) is 0 Å². The molecule has 0 aromatic rings. The van der Waals surface area contributed by atoms with Gasteiger partial charge < -0.3 is 9.84 Å². The summed E-state index contributed by atoms with van der Waals surface area (Å²) in [4.78, 5) is 22.0. The molecular weight excluding hydrogens is 316 g/mol. The Morgan fingerprint density at radius 2 is 1.44 bits per heavy atom. The summed E-state index contributed by atoms with van der Waals surface area (Å²) in [5, 5.41) is 8.65. The van der Waals surface area contributed by atoms with Gasteiger partial charge in [0, 0.05) is 6.42 Å². The van der Waals surface area contributed by atoms with E-state index >= 15 is 0 Å². The Labute approximate surface area is 153 Å². The van der Waals surface area contributed by atoms with Crippen molar-refractivity contribution in [2.75, 3.05) is 0 Å². The van der Waals surface area contributed by atoms with Gasteiger partial charge in [-0.25, -0.2) is 4.79 Å². The topological polar surface area (TPSA) is 63.6 Å². The van der Waals surface area contributed by atoms with Crippen LogP contribution in [0.25, 0.3) is 0 Å². The molecule has 0 saturated carbocycles. The molecule has 0 fully saturated rings. The van der Waals surface area contributed by atoms with Crippen LogP contribution in [0.5, 0.6) is 0 Å². The van der Waals surface area contributed by atoms with Crippen LogP contribution in [-0.4, -0.2) is 23.1 Å². The van der Waals surface area contributed by atoms with Gasteiger partial charge in [-0.2, -0.15) is 0 Å². The minimum absolute atomic E-state index is 0.308. The fraction of sp³-hybridized carbons (Fsp3) is 0.714. The molecule has 4 heteroatoms. The van der Waals surface area contributed by atoms with Crippen molar-refractivity contribution in [2.45, 2.75) is 97.0 Å². The van der Waals surface area contributed by atoms with Gasteiger partial charge in [-0.05, 0) is 45.4 Å². The second-order valence-electron chi connectivity index (χ2n) is 6.45. The Hall–Kier alpha value is -1.58. The highest BCUT2D eigenvalue weighted by atomic mass is 16.6. The summed E-state index contributed by atoms with van der Waals surface area (Å²) >= 11 is 0. The molecule has 0 unspecified atom stereocenters. The molecule has 0 aliphatic heterocycles. The van der Waals surface area contributed by atoms with E-state index in [4.69, 9.17) is 9.84 Å². The summed E-state index contributed by atoms with van der Waals surface area (Å²) in [6, 6.07) is 0. The number of carboxylic acid groups (broad SMARTS) is 1. The van der Waals surface area contributed by atoms with Crippen LogP contribution < -0.4 is 0 Å². The Morgan fingerprint density at radius 3 is 2.04 bits per heavy atom. The van der Waals surface area contributed by atoms with Gasteiger partial charge in [-0.15, -0.1) is 0 Å². The number of unbranched alkanes of at least 4 members (excludes halogenated alkanes) is 8. The van der Waals surface area contributed by atoms with Crippen molar-refractivity contribution in [3.63, 3.8) is 0 Å². The van der Waals surface area contributed by atoms with Gasteiger partial charge >= 0.3 is 11.9 Å². The van der Waals surface area contributed by atoms with Gasteiger partial charge in [0.2, 0.25) is 0 Å². The predicted octanol–water partition coefficient (Wildman–Crippen LogP) is 5.82. The second kappa shape index (κ2) is 17.2. The van der Waals surface area contributed by atoms with Crippen molar-refractivity contribution in [2.24, 2.45) is 0 Å². The number of hydrogen-bond acceptors (Lipinski definition) is 3. The Morgan fingerprint density at radius 1 is 0.880 bits per heavy atom. The molecule has 0 bridgehead atoms. The predicted molar refractivity (Wildman–Crippen MR) is 103 cm³/mol. The van der Waals surface area contributed by atoms with E-state index in [0.29, 0.717) is 6.42 Å². The highest BCUT2D eigenvalue weighted by Crippen LogP contribution is 2.09. The van der Waals surface area contributed by atoms with E-state index < -0.39 is 18.0 Å². The first-order valence-electron chi connectivity index (χ1n) is 9.80. The molecule has 1 N–H and O–H groups in total. The van der Waals surface area contributed by atoms with E-state index in [1.165, 1.54) is 39.0 Å². The lowest BCUT2D eigenvalue weighted by molar-refractivity contribution is -0.162. The third-order valence-corrected chi connectivity index (χ3v) is 3.99. The molecule has 0 aromatic heterocycles. The molecule has 0 aliphatic carbocycles. The number of hydrogen-bond donors (Lipinski definition) is 1. The number of ether oxygens (including phenoxy) is 1. The molecule has 0 spiro atoms.